The summed E-state index contributed by atoms with van der Waals surface area (Å²) < 4.78 is 0. The molecule has 0 radical (unpaired) electrons. The van der Waals surface area contributed by atoms with Crippen LogP contribution in [-0.2, 0) is 15.3 Å². The van der Waals surface area contributed by atoms with Gasteiger partial charge < -0.3 is 5.11 Å². The quantitative estimate of drug-likeness (QED) is 0.807. The summed E-state index contributed by atoms with van der Waals surface area (Å²) in [5.41, 5.74) is 1.09. The molecule has 1 aliphatic heterocycles. The third-order valence-electron chi connectivity index (χ3n) is 2.42. The lowest BCUT2D eigenvalue weighted by molar-refractivity contribution is -0.132. The second-order valence-electron chi connectivity index (χ2n) is 3.67. The number of aliphatic carboxylic acids is 1. The largest absolute Gasteiger partial charge is 0.477 e. The SMILES string of the molecule is O=C1C=C[SH](Cc2ccccc2)C(C(=O)O)=C1. The number of carboxylic acids is 1. The van der Waals surface area contributed by atoms with E-state index in [0.717, 1.165) is 5.56 Å². The highest BCUT2D eigenvalue weighted by molar-refractivity contribution is 8.23. The highest BCUT2D eigenvalue weighted by atomic mass is 32.2. The number of carbonyl (C=O) groups is 2. The molecule has 0 saturated carbocycles. The van der Waals surface area contributed by atoms with Crippen LogP contribution in [0.15, 0.2) is 52.8 Å². The molecule has 2 rings (SSSR count). The maximum absolute atomic E-state index is 11.2. The van der Waals surface area contributed by atoms with Crippen molar-refractivity contribution in [2.24, 2.45) is 0 Å². The number of rotatable bonds is 3. The van der Waals surface area contributed by atoms with Gasteiger partial charge in [0, 0.05) is 11.8 Å². The predicted octanol–water partition coefficient (Wildman–Crippen LogP) is 2.25. The molecule has 17 heavy (non-hydrogen) atoms. The maximum atomic E-state index is 11.2. The topological polar surface area (TPSA) is 54.4 Å². The van der Waals surface area contributed by atoms with Gasteiger partial charge >= 0.3 is 5.97 Å². The smallest absolute Gasteiger partial charge is 0.340 e. The van der Waals surface area contributed by atoms with Gasteiger partial charge in [-0.2, -0.15) is 10.9 Å². The predicted molar refractivity (Wildman–Crippen MR) is 69.0 cm³/mol. The lowest BCUT2D eigenvalue weighted by Gasteiger charge is -2.20. The number of hydrogen-bond acceptors (Lipinski definition) is 2. The van der Waals surface area contributed by atoms with Gasteiger partial charge in [0.05, 0.1) is 4.91 Å². The van der Waals surface area contributed by atoms with Crippen LogP contribution in [0.2, 0.25) is 0 Å². The fourth-order valence-corrected chi connectivity index (χ4v) is 3.52. The molecule has 3 nitrogen and oxygen atoms in total. The molecule has 4 heteroatoms. The van der Waals surface area contributed by atoms with E-state index in [1.165, 1.54) is 12.2 Å². The van der Waals surface area contributed by atoms with Crippen molar-refractivity contribution < 1.29 is 14.7 Å². The number of thiol groups is 1. The van der Waals surface area contributed by atoms with Gasteiger partial charge in [-0.25, -0.2) is 4.79 Å². The van der Waals surface area contributed by atoms with Crippen LogP contribution >= 0.6 is 10.9 Å². The molecule has 88 valence electrons. The van der Waals surface area contributed by atoms with Crippen molar-refractivity contribution in [2.45, 2.75) is 5.75 Å². The molecule has 0 amide bonds. The first-order valence-electron chi connectivity index (χ1n) is 5.14. The lowest BCUT2D eigenvalue weighted by atomic mass is 10.2. The molecule has 1 N–H and O–H groups in total. The Morgan fingerprint density at radius 3 is 2.59 bits per heavy atom. The minimum atomic E-state index is -0.996. The van der Waals surface area contributed by atoms with Crippen molar-refractivity contribution in [3.8, 4) is 0 Å². The van der Waals surface area contributed by atoms with E-state index in [1.807, 2.05) is 30.3 Å². The number of ketones is 1. The van der Waals surface area contributed by atoms with Gasteiger partial charge in [0.2, 0.25) is 0 Å². The first-order chi connectivity index (χ1) is 8.16. The third kappa shape index (κ3) is 2.85. The van der Waals surface area contributed by atoms with Crippen molar-refractivity contribution in [3.63, 3.8) is 0 Å². The summed E-state index contributed by atoms with van der Waals surface area (Å²) in [5, 5.41) is 10.8. The molecule has 0 bridgehead atoms. The molecule has 0 spiro atoms. The van der Waals surface area contributed by atoms with E-state index in [9.17, 15) is 9.59 Å². The first kappa shape index (κ1) is 11.7. The fraction of sp³-hybridized carbons (Fsp3) is 0.0769. The first-order valence-corrected chi connectivity index (χ1v) is 6.74. The number of allylic oxidation sites excluding steroid dienone is 2. The van der Waals surface area contributed by atoms with E-state index in [0.29, 0.717) is 5.75 Å². The highest BCUT2D eigenvalue weighted by Gasteiger charge is 2.19. The van der Waals surface area contributed by atoms with Crippen LogP contribution in [0.25, 0.3) is 0 Å². The van der Waals surface area contributed by atoms with Gasteiger partial charge in [-0.05, 0) is 17.0 Å². The number of carbonyl (C=O) groups excluding carboxylic acids is 1. The summed E-state index contributed by atoms with van der Waals surface area (Å²) >= 11 is 0. The molecule has 1 atom stereocenters. The Morgan fingerprint density at radius 2 is 1.94 bits per heavy atom. The van der Waals surface area contributed by atoms with Crippen molar-refractivity contribution in [3.05, 3.63) is 58.4 Å². The van der Waals surface area contributed by atoms with Gasteiger partial charge in [-0.15, -0.1) is 0 Å². The summed E-state index contributed by atoms with van der Waals surface area (Å²) in [6.07, 6.45) is 2.69. The Hall–Kier alpha value is -1.81. The summed E-state index contributed by atoms with van der Waals surface area (Å²) in [4.78, 5) is 22.5. The normalized spacial score (nSPS) is 21.1. The zero-order valence-corrected chi connectivity index (χ0v) is 9.93. The van der Waals surface area contributed by atoms with Crippen molar-refractivity contribution >= 4 is 22.6 Å². The molecular formula is C13H12O3S. The van der Waals surface area contributed by atoms with Crippen LogP contribution < -0.4 is 0 Å². The summed E-state index contributed by atoms with van der Waals surface area (Å²) in [5.74, 6) is -0.572. The Kier molecular flexibility index (Phi) is 3.44. The van der Waals surface area contributed by atoms with E-state index in [2.05, 4.69) is 0 Å². The second kappa shape index (κ2) is 5.01. The van der Waals surface area contributed by atoms with E-state index in [1.54, 1.807) is 5.41 Å². The molecule has 0 saturated heterocycles. The average molecular weight is 248 g/mol. The summed E-state index contributed by atoms with van der Waals surface area (Å²) in [6.45, 7) is 0. The van der Waals surface area contributed by atoms with Crippen LogP contribution in [0, 0.1) is 0 Å². The van der Waals surface area contributed by atoms with Crippen molar-refractivity contribution in [1.29, 1.82) is 0 Å². The molecule has 1 aromatic carbocycles. The van der Waals surface area contributed by atoms with Crippen molar-refractivity contribution in [2.75, 3.05) is 0 Å². The zero-order chi connectivity index (χ0) is 12.3. The van der Waals surface area contributed by atoms with Crippen LogP contribution in [0.5, 0.6) is 0 Å². The van der Waals surface area contributed by atoms with E-state index in [4.69, 9.17) is 5.11 Å². The summed E-state index contributed by atoms with van der Waals surface area (Å²) in [7, 11) is -0.917. The Bertz CT molecular complexity index is 503. The van der Waals surface area contributed by atoms with Gasteiger partial charge in [0.25, 0.3) is 0 Å². The molecule has 1 heterocycles. The van der Waals surface area contributed by atoms with Gasteiger partial charge in [0.15, 0.2) is 5.78 Å². The molecule has 0 aromatic heterocycles. The number of carboxylic acid groups (broad SMARTS) is 1. The average Bonchev–Trinajstić information content (AvgIpc) is 2.32. The maximum Gasteiger partial charge on any atom is 0.340 e. The van der Waals surface area contributed by atoms with Gasteiger partial charge in [0.1, 0.15) is 0 Å². The Labute approximate surface area is 102 Å². The standard InChI is InChI=1S/C13H12O3S/c14-11-6-7-17(12(8-11)13(15)16)9-10-4-2-1-3-5-10/h1-8,17H,9H2,(H,15,16). The molecule has 1 unspecified atom stereocenters. The monoisotopic (exact) mass is 248 g/mol. The Morgan fingerprint density at radius 1 is 1.24 bits per heavy atom. The minimum absolute atomic E-state index is 0.233. The molecule has 1 aromatic rings. The lowest BCUT2D eigenvalue weighted by Crippen LogP contribution is -2.07. The van der Waals surface area contributed by atoms with E-state index in [-0.39, 0.29) is 10.7 Å². The zero-order valence-electron chi connectivity index (χ0n) is 9.04. The van der Waals surface area contributed by atoms with E-state index < -0.39 is 16.9 Å². The molecule has 0 fully saturated rings. The molecule has 1 aliphatic rings. The van der Waals surface area contributed by atoms with Crippen LogP contribution in [0.1, 0.15) is 5.56 Å². The second-order valence-corrected chi connectivity index (χ2v) is 5.70. The Balaban J connectivity index is 2.21. The van der Waals surface area contributed by atoms with E-state index >= 15 is 0 Å². The minimum Gasteiger partial charge on any atom is -0.477 e. The molecular weight excluding hydrogens is 236 g/mol. The van der Waals surface area contributed by atoms with Crippen LogP contribution in [0.3, 0.4) is 0 Å². The molecule has 0 aliphatic carbocycles. The van der Waals surface area contributed by atoms with Crippen molar-refractivity contribution in [1.82, 2.24) is 0 Å². The fourth-order valence-electron chi connectivity index (χ4n) is 1.61. The third-order valence-corrected chi connectivity index (χ3v) is 4.58. The van der Waals surface area contributed by atoms with Crippen LogP contribution in [-0.4, -0.2) is 16.9 Å². The number of benzene rings is 1. The van der Waals surface area contributed by atoms with Crippen LogP contribution in [0.4, 0.5) is 0 Å². The number of hydrogen-bond donors (Lipinski definition) is 2. The van der Waals surface area contributed by atoms with Gasteiger partial charge in [-0.3, -0.25) is 4.79 Å². The summed E-state index contributed by atoms with van der Waals surface area (Å²) in [6, 6.07) is 9.70. The van der Waals surface area contributed by atoms with Gasteiger partial charge in [-0.1, -0.05) is 30.3 Å². The highest BCUT2D eigenvalue weighted by Crippen LogP contribution is 2.42.